The number of aromatic nitrogens is 2. The van der Waals surface area contributed by atoms with Crippen molar-refractivity contribution in [2.45, 2.75) is 63.5 Å². The number of nitrogens with one attached hydrogen (secondary N) is 1. The van der Waals surface area contributed by atoms with E-state index in [0.717, 1.165) is 20.1 Å². The van der Waals surface area contributed by atoms with Gasteiger partial charge in [-0.3, -0.25) is 24.0 Å². The quantitative estimate of drug-likeness (QED) is 0.645. The second-order valence-corrected chi connectivity index (χ2v) is 10.0. The van der Waals surface area contributed by atoms with Crippen LogP contribution in [0.5, 0.6) is 0 Å². The van der Waals surface area contributed by atoms with Gasteiger partial charge in [-0.15, -0.1) is 0 Å². The molecule has 9 nitrogen and oxygen atoms in total. The minimum Gasteiger partial charge on any atom is -0.444 e. The molecule has 2 atom stereocenters. The van der Waals surface area contributed by atoms with Gasteiger partial charge in [0.05, 0.1) is 23.5 Å². The van der Waals surface area contributed by atoms with Gasteiger partial charge in [-0.25, -0.2) is 22.8 Å². The minimum absolute atomic E-state index is 0.00841. The van der Waals surface area contributed by atoms with Crippen molar-refractivity contribution in [2.75, 3.05) is 13.1 Å². The molecular formula is C23H27F3N4O5. The summed E-state index contributed by atoms with van der Waals surface area (Å²) in [6.07, 6.45) is -1.08. The molecule has 0 bridgehead atoms. The van der Waals surface area contributed by atoms with E-state index < -0.39 is 59.4 Å². The van der Waals surface area contributed by atoms with Gasteiger partial charge in [-0.05, 0) is 45.7 Å². The van der Waals surface area contributed by atoms with Crippen LogP contribution in [0.1, 0.15) is 57.6 Å². The van der Waals surface area contributed by atoms with Crippen molar-refractivity contribution in [3.05, 3.63) is 34.0 Å². The van der Waals surface area contributed by atoms with Gasteiger partial charge in [-0.2, -0.15) is 0 Å². The molecular weight excluding hydrogens is 469 g/mol. The summed E-state index contributed by atoms with van der Waals surface area (Å²) in [7, 11) is 1.32. The van der Waals surface area contributed by atoms with Crippen molar-refractivity contribution in [1.82, 2.24) is 19.4 Å². The van der Waals surface area contributed by atoms with E-state index in [1.807, 2.05) is 0 Å². The van der Waals surface area contributed by atoms with Gasteiger partial charge in [0.25, 0.3) is 5.92 Å². The molecule has 1 aromatic heterocycles. The van der Waals surface area contributed by atoms with Gasteiger partial charge in [0.15, 0.2) is 0 Å². The number of imide groups is 1. The maximum atomic E-state index is 15.4. The van der Waals surface area contributed by atoms with Gasteiger partial charge in [0.1, 0.15) is 17.5 Å². The summed E-state index contributed by atoms with van der Waals surface area (Å²) < 4.78 is 53.3. The number of aryl methyl sites for hydroxylation is 1. The number of carbonyl (C=O) groups is 3. The summed E-state index contributed by atoms with van der Waals surface area (Å²) in [5.74, 6) is -7.20. The molecule has 190 valence electrons. The highest BCUT2D eigenvalue weighted by atomic mass is 19.3. The van der Waals surface area contributed by atoms with Crippen molar-refractivity contribution >= 4 is 28.9 Å². The molecule has 4 rings (SSSR count). The van der Waals surface area contributed by atoms with Crippen molar-refractivity contribution < 1.29 is 32.3 Å². The highest BCUT2D eigenvalue weighted by Gasteiger charge is 2.49. The fourth-order valence-corrected chi connectivity index (χ4v) is 4.82. The first kappa shape index (κ1) is 24.8. The second-order valence-electron chi connectivity index (χ2n) is 10.0. The number of imidazole rings is 1. The number of rotatable bonds is 2. The lowest BCUT2D eigenvalue weighted by molar-refractivity contribution is -0.135. The molecule has 35 heavy (non-hydrogen) atoms. The van der Waals surface area contributed by atoms with Gasteiger partial charge in [0.2, 0.25) is 11.8 Å². The Labute approximate surface area is 198 Å². The SMILES string of the molecule is Cn1c(=O)n(C2CCC(=O)NC2=O)c2ccc(F)c([C@@H]3CCN(C(=O)OC(C)(C)C)CC3(F)F)c21. The van der Waals surface area contributed by atoms with Crippen molar-refractivity contribution in [1.29, 1.82) is 0 Å². The van der Waals surface area contributed by atoms with Crippen LogP contribution in [0.3, 0.4) is 0 Å². The van der Waals surface area contributed by atoms with Crippen LogP contribution in [0.4, 0.5) is 18.0 Å². The van der Waals surface area contributed by atoms with Crippen LogP contribution in [0.15, 0.2) is 16.9 Å². The molecule has 2 aromatic rings. The number of piperidine rings is 2. The lowest BCUT2D eigenvalue weighted by Gasteiger charge is -2.39. The maximum Gasteiger partial charge on any atom is 0.410 e. The minimum atomic E-state index is -3.52. The molecule has 0 spiro atoms. The van der Waals surface area contributed by atoms with E-state index in [1.165, 1.54) is 13.1 Å². The monoisotopic (exact) mass is 496 g/mol. The molecule has 0 aliphatic carbocycles. The van der Waals surface area contributed by atoms with E-state index in [9.17, 15) is 19.2 Å². The Bertz CT molecular complexity index is 1280. The van der Waals surface area contributed by atoms with E-state index in [0.29, 0.717) is 0 Å². The van der Waals surface area contributed by atoms with Gasteiger partial charge >= 0.3 is 11.8 Å². The number of nitrogens with zero attached hydrogens (tertiary/aromatic N) is 3. The van der Waals surface area contributed by atoms with Crippen molar-refractivity contribution in [3.8, 4) is 0 Å². The Morgan fingerprint density at radius 3 is 2.46 bits per heavy atom. The summed E-state index contributed by atoms with van der Waals surface area (Å²) in [5, 5.41) is 2.17. The summed E-state index contributed by atoms with van der Waals surface area (Å²) in [6.45, 7) is 3.82. The average Bonchev–Trinajstić information content (AvgIpc) is 2.97. The predicted octanol–water partition coefficient (Wildman–Crippen LogP) is 2.82. The Hall–Kier alpha value is -3.31. The van der Waals surface area contributed by atoms with Crippen molar-refractivity contribution in [2.24, 2.45) is 7.05 Å². The Morgan fingerprint density at radius 1 is 1.17 bits per heavy atom. The molecule has 2 saturated heterocycles. The van der Waals surface area contributed by atoms with Crippen LogP contribution in [-0.4, -0.2) is 56.6 Å². The van der Waals surface area contributed by atoms with Crippen molar-refractivity contribution in [3.63, 3.8) is 0 Å². The zero-order chi connectivity index (χ0) is 25.9. The number of carbonyl (C=O) groups excluding carboxylic acids is 3. The molecule has 1 unspecified atom stereocenters. The molecule has 12 heteroatoms. The normalized spacial score (nSPS) is 22.9. The summed E-state index contributed by atoms with van der Waals surface area (Å²) in [5.41, 5.74) is -1.82. The van der Waals surface area contributed by atoms with E-state index in [4.69, 9.17) is 4.74 Å². The molecule has 1 aromatic carbocycles. The van der Waals surface area contributed by atoms with Crippen LogP contribution in [0, 0.1) is 5.82 Å². The van der Waals surface area contributed by atoms with Gasteiger partial charge in [0, 0.05) is 25.6 Å². The van der Waals surface area contributed by atoms with E-state index in [2.05, 4.69) is 5.32 Å². The highest BCUT2D eigenvalue weighted by Crippen LogP contribution is 2.44. The molecule has 2 aliphatic heterocycles. The Balaban J connectivity index is 1.76. The zero-order valence-corrected chi connectivity index (χ0v) is 19.9. The average molecular weight is 496 g/mol. The first-order valence-electron chi connectivity index (χ1n) is 11.3. The number of hydrogen-bond acceptors (Lipinski definition) is 5. The van der Waals surface area contributed by atoms with E-state index in [-0.39, 0.29) is 42.4 Å². The molecule has 3 amide bonds. The summed E-state index contributed by atoms with van der Waals surface area (Å²) >= 11 is 0. The highest BCUT2D eigenvalue weighted by molar-refractivity contribution is 6.00. The number of fused-ring (bicyclic) bond motifs is 1. The van der Waals surface area contributed by atoms with Gasteiger partial charge in [-0.1, -0.05) is 0 Å². The molecule has 3 heterocycles. The third-order valence-electron chi connectivity index (χ3n) is 6.35. The van der Waals surface area contributed by atoms with Crippen LogP contribution in [0.2, 0.25) is 0 Å². The largest absolute Gasteiger partial charge is 0.444 e. The van der Waals surface area contributed by atoms with Crippen LogP contribution >= 0.6 is 0 Å². The number of alkyl halides is 2. The zero-order valence-electron chi connectivity index (χ0n) is 19.9. The van der Waals surface area contributed by atoms with Crippen LogP contribution < -0.4 is 11.0 Å². The topological polar surface area (TPSA) is 103 Å². The van der Waals surface area contributed by atoms with Crippen LogP contribution in [-0.2, 0) is 21.4 Å². The number of likely N-dealkylation sites (tertiary alicyclic amines) is 1. The van der Waals surface area contributed by atoms with Crippen LogP contribution in [0.25, 0.3) is 11.0 Å². The lowest BCUT2D eigenvalue weighted by Crippen LogP contribution is -2.51. The molecule has 0 radical (unpaired) electrons. The molecule has 0 saturated carbocycles. The lowest BCUT2D eigenvalue weighted by atomic mass is 9.85. The van der Waals surface area contributed by atoms with E-state index >= 15 is 13.2 Å². The Morgan fingerprint density at radius 2 is 1.86 bits per heavy atom. The number of benzene rings is 1. The standard InChI is InChI=1S/C23H27F3N4O5/c1-22(2,3)35-21(34)29-10-9-12(23(25,26)11-29)17-13(24)5-6-14-18(17)28(4)20(33)30(14)15-7-8-16(31)27-19(15)32/h5-6,12,15H,7-11H2,1-4H3,(H,27,31,32)/t12-,15?/m0/s1. The summed E-state index contributed by atoms with van der Waals surface area (Å²) in [4.78, 5) is 50.3. The number of halogens is 3. The molecule has 1 N–H and O–H groups in total. The first-order chi connectivity index (χ1) is 16.2. The third-order valence-corrected chi connectivity index (χ3v) is 6.35. The maximum absolute atomic E-state index is 15.4. The fourth-order valence-electron chi connectivity index (χ4n) is 4.82. The number of amides is 3. The predicted molar refractivity (Wildman–Crippen MR) is 119 cm³/mol. The Kier molecular flexibility index (Phi) is 5.97. The fraction of sp³-hybridized carbons (Fsp3) is 0.565. The van der Waals surface area contributed by atoms with Gasteiger partial charge < -0.3 is 9.64 Å². The smallest absolute Gasteiger partial charge is 0.410 e. The first-order valence-corrected chi connectivity index (χ1v) is 11.3. The van der Waals surface area contributed by atoms with E-state index in [1.54, 1.807) is 20.8 Å². The molecule has 2 aliphatic rings. The summed E-state index contributed by atoms with van der Waals surface area (Å²) in [6, 6.07) is 1.24. The molecule has 2 fully saturated rings. The third kappa shape index (κ3) is 4.41. The number of hydrogen-bond donors (Lipinski definition) is 1. The number of ether oxygens (including phenoxy) is 1. The second kappa shape index (κ2) is 8.42.